The van der Waals surface area contributed by atoms with Gasteiger partial charge in [-0.15, -0.1) is 11.6 Å². The second-order valence-corrected chi connectivity index (χ2v) is 9.61. The van der Waals surface area contributed by atoms with Crippen molar-refractivity contribution < 1.29 is 14.0 Å². The van der Waals surface area contributed by atoms with Crippen molar-refractivity contribution in [1.29, 1.82) is 0 Å². The number of Topliss-reactive ketones (excluding diaryl/α,β-unsaturated/α-hetero) is 1. The minimum Gasteiger partial charge on any atom is -0.342 e. The van der Waals surface area contributed by atoms with Gasteiger partial charge < -0.3 is 4.90 Å². The molecule has 1 amide bonds. The van der Waals surface area contributed by atoms with Gasteiger partial charge in [0.2, 0.25) is 5.91 Å². The van der Waals surface area contributed by atoms with Crippen LogP contribution in [-0.4, -0.2) is 47.0 Å². The first-order valence-electron chi connectivity index (χ1n) is 12.0. The van der Waals surface area contributed by atoms with Crippen LogP contribution < -0.4 is 0 Å². The van der Waals surface area contributed by atoms with Crippen LogP contribution in [0.5, 0.6) is 0 Å². The number of fused-ring (bicyclic) bond motifs is 1. The summed E-state index contributed by atoms with van der Waals surface area (Å²) < 4.78 is 13.2. The van der Waals surface area contributed by atoms with E-state index < -0.39 is 0 Å². The Balaban J connectivity index is 1.33. The van der Waals surface area contributed by atoms with Crippen molar-refractivity contribution >= 4 is 23.3 Å². The van der Waals surface area contributed by atoms with Gasteiger partial charge in [0.25, 0.3) is 0 Å². The number of aryl methyl sites for hydroxylation is 1. The van der Waals surface area contributed by atoms with Gasteiger partial charge in [0.15, 0.2) is 5.78 Å². The fourth-order valence-electron chi connectivity index (χ4n) is 5.02. The highest BCUT2D eigenvalue weighted by Crippen LogP contribution is 2.25. The van der Waals surface area contributed by atoms with Gasteiger partial charge in [-0.3, -0.25) is 14.5 Å². The third-order valence-corrected chi connectivity index (χ3v) is 7.25. The van der Waals surface area contributed by atoms with Gasteiger partial charge in [-0.2, -0.15) is 0 Å². The number of halogens is 2. The maximum Gasteiger partial charge on any atom is 0.237 e. The van der Waals surface area contributed by atoms with Crippen LogP contribution in [0.4, 0.5) is 4.39 Å². The molecule has 2 heterocycles. The number of nitrogens with zero attached hydrogens (tertiary/aromatic N) is 2. The SMILES string of the molecule is O=C(CCC1CCN(C(=O)CCl)CC1)c1ccc2c(c1)CN(Cc1ccc(F)cc1)CCC2. The molecule has 1 saturated heterocycles. The molecule has 0 atom stereocenters. The van der Waals surface area contributed by atoms with Crippen LogP contribution in [0.1, 0.15) is 59.2 Å². The van der Waals surface area contributed by atoms with Crippen molar-refractivity contribution in [2.75, 3.05) is 25.5 Å². The van der Waals surface area contributed by atoms with E-state index in [2.05, 4.69) is 17.0 Å². The molecule has 2 aromatic carbocycles. The summed E-state index contributed by atoms with van der Waals surface area (Å²) in [6.07, 6.45) is 5.40. The van der Waals surface area contributed by atoms with Crippen molar-refractivity contribution in [3.63, 3.8) is 0 Å². The molecule has 0 aromatic heterocycles. The van der Waals surface area contributed by atoms with E-state index >= 15 is 0 Å². The first-order chi connectivity index (χ1) is 16.0. The minimum absolute atomic E-state index is 0.00430. The molecule has 0 bridgehead atoms. The van der Waals surface area contributed by atoms with Crippen LogP contribution in [0.25, 0.3) is 0 Å². The van der Waals surface area contributed by atoms with Crippen molar-refractivity contribution in [3.05, 3.63) is 70.5 Å². The maximum absolute atomic E-state index is 13.2. The summed E-state index contributed by atoms with van der Waals surface area (Å²) >= 11 is 5.66. The molecule has 2 aliphatic rings. The first-order valence-corrected chi connectivity index (χ1v) is 12.5. The van der Waals surface area contributed by atoms with Gasteiger partial charge in [0.1, 0.15) is 11.7 Å². The van der Waals surface area contributed by atoms with E-state index in [1.807, 2.05) is 23.1 Å². The number of hydrogen-bond donors (Lipinski definition) is 0. The first kappa shape index (κ1) is 23.9. The van der Waals surface area contributed by atoms with Gasteiger partial charge in [0.05, 0.1) is 0 Å². The van der Waals surface area contributed by atoms with Crippen LogP contribution >= 0.6 is 11.6 Å². The summed E-state index contributed by atoms with van der Waals surface area (Å²) in [5.41, 5.74) is 4.45. The lowest BCUT2D eigenvalue weighted by atomic mass is 9.89. The van der Waals surface area contributed by atoms with E-state index in [1.165, 1.54) is 23.3 Å². The van der Waals surface area contributed by atoms with E-state index in [4.69, 9.17) is 11.6 Å². The highest BCUT2D eigenvalue weighted by Gasteiger charge is 2.23. The van der Waals surface area contributed by atoms with Crippen LogP contribution in [-0.2, 0) is 24.3 Å². The highest BCUT2D eigenvalue weighted by molar-refractivity contribution is 6.27. The molecule has 176 valence electrons. The highest BCUT2D eigenvalue weighted by atomic mass is 35.5. The van der Waals surface area contributed by atoms with Crippen LogP contribution in [0.15, 0.2) is 42.5 Å². The van der Waals surface area contributed by atoms with E-state index in [9.17, 15) is 14.0 Å². The number of ketones is 1. The summed E-state index contributed by atoms with van der Waals surface area (Å²) in [5, 5.41) is 0. The van der Waals surface area contributed by atoms with E-state index in [0.717, 1.165) is 76.0 Å². The Bertz CT molecular complexity index is 971. The summed E-state index contributed by atoms with van der Waals surface area (Å²) in [7, 11) is 0. The average molecular weight is 471 g/mol. The quantitative estimate of drug-likeness (QED) is 0.411. The monoisotopic (exact) mass is 470 g/mol. The zero-order valence-corrected chi connectivity index (χ0v) is 19.8. The zero-order valence-electron chi connectivity index (χ0n) is 19.1. The Hall–Kier alpha value is -2.24. The lowest BCUT2D eigenvalue weighted by Crippen LogP contribution is -2.39. The third-order valence-electron chi connectivity index (χ3n) is 7.02. The van der Waals surface area contributed by atoms with Gasteiger partial charge in [-0.05, 0) is 79.5 Å². The third kappa shape index (κ3) is 6.42. The number of carbonyl (C=O) groups is 2. The van der Waals surface area contributed by atoms with Gasteiger partial charge >= 0.3 is 0 Å². The summed E-state index contributed by atoms with van der Waals surface area (Å²) in [6.45, 7) is 4.06. The number of benzene rings is 2. The number of likely N-dealkylation sites (tertiary alicyclic amines) is 1. The smallest absolute Gasteiger partial charge is 0.237 e. The standard InChI is InChI=1S/C27H32ClFN2O2/c28-17-27(33)31-14-11-20(12-15-31)5-10-26(32)23-7-6-22-2-1-13-30(19-24(22)16-23)18-21-3-8-25(29)9-4-21/h3-4,6-9,16,20H,1-2,5,10-15,17-19H2. The van der Waals surface area contributed by atoms with E-state index in [1.54, 1.807) is 0 Å². The molecule has 0 unspecified atom stereocenters. The number of carbonyl (C=O) groups excluding carboxylic acids is 2. The molecule has 0 spiro atoms. The molecular weight excluding hydrogens is 439 g/mol. The molecule has 1 fully saturated rings. The van der Waals surface area contributed by atoms with Crippen molar-refractivity contribution in [3.8, 4) is 0 Å². The van der Waals surface area contributed by atoms with Gasteiger partial charge in [0, 0.05) is 38.2 Å². The Labute approximate surface area is 200 Å². The lowest BCUT2D eigenvalue weighted by molar-refractivity contribution is -0.129. The number of amides is 1. The molecule has 6 heteroatoms. The Morgan fingerprint density at radius 2 is 1.76 bits per heavy atom. The molecule has 0 aliphatic carbocycles. The van der Waals surface area contributed by atoms with Crippen molar-refractivity contribution in [2.24, 2.45) is 5.92 Å². The summed E-state index contributed by atoms with van der Waals surface area (Å²) in [4.78, 5) is 28.9. The Kier molecular flexibility index (Phi) is 8.15. The largest absolute Gasteiger partial charge is 0.342 e. The molecule has 0 radical (unpaired) electrons. The number of hydrogen-bond acceptors (Lipinski definition) is 3. The zero-order chi connectivity index (χ0) is 23.2. The van der Waals surface area contributed by atoms with Gasteiger partial charge in [-0.1, -0.05) is 24.3 Å². The van der Waals surface area contributed by atoms with E-state index in [-0.39, 0.29) is 23.4 Å². The predicted octanol–water partition coefficient (Wildman–Crippen LogP) is 5.21. The van der Waals surface area contributed by atoms with Gasteiger partial charge in [-0.25, -0.2) is 4.39 Å². The second kappa shape index (κ2) is 11.3. The molecule has 2 aliphatic heterocycles. The van der Waals surface area contributed by atoms with Crippen molar-refractivity contribution in [2.45, 2.75) is 51.6 Å². The average Bonchev–Trinajstić information content (AvgIpc) is 3.04. The molecule has 0 N–H and O–H groups in total. The number of alkyl halides is 1. The number of piperidine rings is 1. The Morgan fingerprint density at radius 3 is 2.48 bits per heavy atom. The number of rotatable bonds is 7. The maximum atomic E-state index is 13.2. The normalized spacial score (nSPS) is 17.5. The molecule has 2 aromatic rings. The van der Waals surface area contributed by atoms with Crippen LogP contribution in [0, 0.1) is 11.7 Å². The van der Waals surface area contributed by atoms with Crippen LogP contribution in [0.3, 0.4) is 0 Å². The molecule has 33 heavy (non-hydrogen) atoms. The minimum atomic E-state index is -0.211. The lowest BCUT2D eigenvalue weighted by Gasteiger charge is -2.31. The van der Waals surface area contributed by atoms with Crippen LogP contribution in [0.2, 0.25) is 0 Å². The fourth-order valence-corrected chi connectivity index (χ4v) is 5.19. The Morgan fingerprint density at radius 1 is 1.00 bits per heavy atom. The predicted molar refractivity (Wildman–Crippen MR) is 129 cm³/mol. The fraction of sp³-hybridized carbons (Fsp3) is 0.481. The summed E-state index contributed by atoms with van der Waals surface area (Å²) in [5.74, 6) is 0.525. The molecule has 4 nitrogen and oxygen atoms in total. The summed E-state index contributed by atoms with van der Waals surface area (Å²) in [6, 6.07) is 12.9. The molecule has 0 saturated carbocycles. The topological polar surface area (TPSA) is 40.6 Å². The molecular formula is C27H32ClFN2O2. The molecule has 4 rings (SSSR count). The van der Waals surface area contributed by atoms with Crippen molar-refractivity contribution in [1.82, 2.24) is 9.80 Å². The second-order valence-electron chi connectivity index (χ2n) is 9.34. The van der Waals surface area contributed by atoms with E-state index in [0.29, 0.717) is 12.3 Å².